The summed E-state index contributed by atoms with van der Waals surface area (Å²) in [4.78, 5) is 54.5. The lowest BCUT2D eigenvalue weighted by Crippen LogP contribution is -2.51. The third kappa shape index (κ3) is 5.60. The predicted molar refractivity (Wildman–Crippen MR) is 142 cm³/mol. The van der Waals surface area contributed by atoms with Gasteiger partial charge in [-0.2, -0.15) is 5.10 Å². The fraction of sp³-hybridized carbons (Fsp3) is 0.360. The quantitative estimate of drug-likeness (QED) is 0.277. The van der Waals surface area contributed by atoms with Crippen molar-refractivity contribution < 1.29 is 31.6 Å². The number of oxazole rings is 1. The van der Waals surface area contributed by atoms with Crippen molar-refractivity contribution in [3.8, 4) is 0 Å². The lowest BCUT2D eigenvalue weighted by molar-refractivity contribution is -0.122. The van der Waals surface area contributed by atoms with Gasteiger partial charge in [0.2, 0.25) is 10.0 Å². The summed E-state index contributed by atoms with van der Waals surface area (Å²) in [6, 6.07) is 5.14. The van der Waals surface area contributed by atoms with E-state index in [4.69, 9.17) is 4.42 Å². The van der Waals surface area contributed by atoms with E-state index in [2.05, 4.69) is 20.7 Å². The van der Waals surface area contributed by atoms with Crippen LogP contribution in [-0.2, 0) is 28.4 Å². The number of aryl methyl sites for hydroxylation is 1. The Kier molecular flexibility index (Phi) is 7.21. The number of rotatable bonds is 9. The minimum atomic E-state index is -3.31. The number of nitrogens with zero attached hydrogens (tertiary/aromatic N) is 5. The lowest BCUT2D eigenvalue weighted by Gasteiger charge is -2.37. The molecule has 0 unspecified atom stereocenters. The number of ketones is 1. The van der Waals surface area contributed by atoms with E-state index < -0.39 is 39.5 Å². The molecule has 5 rings (SSSR count). The third-order valence-electron chi connectivity index (χ3n) is 6.92. The first kappa shape index (κ1) is 28.1. The average Bonchev–Trinajstić information content (AvgIpc) is 3.41. The SMILES string of the molecule is C[C@H](NC(=O)c1cc(C(=O)NCc2ccc3oc(=O)n(C)c3c2)nc2c(F)cnn12)C(=O)CC1CN(S(C)(=O)=O)C1. The molecular weight excluding hydrogens is 561 g/mol. The number of carbonyl (C=O) groups excluding carboxylic acids is 3. The van der Waals surface area contributed by atoms with E-state index in [-0.39, 0.29) is 54.8 Å². The first-order valence-electron chi connectivity index (χ1n) is 12.5. The maximum Gasteiger partial charge on any atom is 0.419 e. The summed E-state index contributed by atoms with van der Waals surface area (Å²) in [7, 11) is -1.76. The van der Waals surface area contributed by atoms with Crippen LogP contribution in [0.25, 0.3) is 16.7 Å². The van der Waals surface area contributed by atoms with E-state index in [9.17, 15) is 32.0 Å². The molecule has 1 aromatic carbocycles. The number of amides is 2. The Balaban J connectivity index is 1.29. The second kappa shape index (κ2) is 10.5. The molecule has 216 valence electrons. The molecule has 41 heavy (non-hydrogen) atoms. The third-order valence-corrected chi connectivity index (χ3v) is 8.15. The fourth-order valence-corrected chi connectivity index (χ4v) is 5.47. The summed E-state index contributed by atoms with van der Waals surface area (Å²) >= 11 is 0. The van der Waals surface area contributed by atoms with Crippen molar-refractivity contribution in [2.24, 2.45) is 13.0 Å². The normalized spacial score (nSPS) is 15.1. The first-order chi connectivity index (χ1) is 19.3. The van der Waals surface area contributed by atoms with Gasteiger partial charge < -0.3 is 15.1 Å². The monoisotopic (exact) mass is 587 g/mol. The Morgan fingerprint density at radius 3 is 2.63 bits per heavy atom. The first-order valence-corrected chi connectivity index (χ1v) is 14.4. The van der Waals surface area contributed by atoms with E-state index >= 15 is 0 Å². The van der Waals surface area contributed by atoms with Gasteiger partial charge >= 0.3 is 5.76 Å². The number of carbonyl (C=O) groups is 3. The predicted octanol–water partition coefficient (Wildman–Crippen LogP) is 0.212. The molecule has 1 saturated heterocycles. The van der Waals surface area contributed by atoms with Crippen LogP contribution in [0.1, 0.15) is 39.9 Å². The number of hydrogen-bond donors (Lipinski definition) is 2. The van der Waals surface area contributed by atoms with Crippen LogP contribution >= 0.6 is 0 Å². The molecular formula is C25H26FN7O7S. The van der Waals surface area contributed by atoms with Gasteiger partial charge in [0.25, 0.3) is 11.8 Å². The van der Waals surface area contributed by atoms with Crippen molar-refractivity contribution in [2.75, 3.05) is 19.3 Å². The molecule has 3 aromatic heterocycles. The zero-order valence-corrected chi connectivity index (χ0v) is 23.1. The highest BCUT2D eigenvalue weighted by atomic mass is 32.2. The standard InChI is InChI=1S/C25H26FN7O7S/c1-13(20(34)7-15-11-32(12-15)41(3,38)39)29-24(36)19-8-17(30-22-16(26)10-28-33(19)22)23(35)27-9-14-4-5-21-18(6-14)31(2)25(37)40-21/h4-6,8,10,13,15H,7,9,11-12H2,1-3H3,(H,27,35)(H,29,36)/t13-/m0/s1. The summed E-state index contributed by atoms with van der Waals surface area (Å²) in [6.45, 7) is 1.98. The van der Waals surface area contributed by atoms with Gasteiger partial charge in [0.05, 0.1) is 24.0 Å². The molecule has 14 nitrogen and oxygen atoms in total. The van der Waals surface area contributed by atoms with Crippen molar-refractivity contribution in [1.29, 1.82) is 0 Å². The summed E-state index contributed by atoms with van der Waals surface area (Å²) in [6.07, 6.45) is 2.02. The number of aromatic nitrogens is 4. The molecule has 2 amide bonds. The molecule has 4 aromatic rings. The molecule has 0 bridgehead atoms. The van der Waals surface area contributed by atoms with Crippen molar-refractivity contribution in [3.63, 3.8) is 0 Å². The number of benzene rings is 1. The molecule has 4 heterocycles. The molecule has 2 N–H and O–H groups in total. The van der Waals surface area contributed by atoms with E-state index in [1.165, 1.54) is 15.8 Å². The van der Waals surface area contributed by atoms with Gasteiger partial charge in [-0.15, -0.1) is 0 Å². The van der Waals surface area contributed by atoms with Gasteiger partial charge in [-0.3, -0.25) is 19.0 Å². The zero-order chi connectivity index (χ0) is 29.6. The van der Waals surface area contributed by atoms with E-state index in [1.54, 1.807) is 25.2 Å². The molecule has 0 radical (unpaired) electrons. The number of Topliss-reactive ketones (excluding diaryl/α,β-unsaturated/α-hetero) is 1. The van der Waals surface area contributed by atoms with Crippen LogP contribution in [-0.4, -0.2) is 74.9 Å². The number of sulfonamides is 1. The second-order valence-corrected chi connectivity index (χ2v) is 12.0. The second-order valence-electron chi connectivity index (χ2n) is 9.98. The average molecular weight is 588 g/mol. The maximum atomic E-state index is 14.4. The Labute approximate surface area is 232 Å². The molecule has 16 heteroatoms. The highest BCUT2D eigenvalue weighted by Crippen LogP contribution is 2.22. The van der Waals surface area contributed by atoms with Gasteiger partial charge in [0, 0.05) is 39.2 Å². The lowest BCUT2D eigenvalue weighted by atomic mass is 9.94. The molecule has 0 spiro atoms. The molecule has 1 aliphatic heterocycles. The Hall–Kier alpha value is -4.44. The highest BCUT2D eigenvalue weighted by Gasteiger charge is 2.35. The van der Waals surface area contributed by atoms with Gasteiger partial charge in [-0.05, 0) is 30.5 Å². The summed E-state index contributed by atoms with van der Waals surface area (Å²) in [5.74, 6) is -3.33. The topological polar surface area (TPSA) is 178 Å². The van der Waals surface area contributed by atoms with Crippen LogP contribution in [0.2, 0.25) is 0 Å². The van der Waals surface area contributed by atoms with Crippen LogP contribution < -0.4 is 16.4 Å². The number of halogens is 1. The van der Waals surface area contributed by atoms with E-state index in [0.29, 0.717) is 16.7 Å². The molecule has 1 aliphatic rings. The number of nitrogens with one attached hydrogen (secondary N) is 2. The highest BCUT2D eigenvalue weighted by molar-refractivity contribution is 7.88. The molecule has 0 saturated carbocycles. The minimum absolute atomic E-state index is 0.0355. The van der Waals surface area contributed by atoms with Crippen LogP contribution in [0.3, 0.4) is 0 Å². The van der Waals surface area contributed by atoms with E-state index in [1.807, 2.05) is 0 Å². The van der Waals surface area contributed by atoms with Gasteiger partial charge in [0.15, 0.2) is 22.8 Å². The summed E-state index contributed by atoms with van der Waals surface area (Å²) in [5.41, 5.74) is 0.749. The molecule has 1 fully saturated rings. The van der Waals surface area contributed by atoms with Gasteiger partial charge in [0.1, 0.15) is 11.4 Å². The summed E-state index contributed by atoms with van der Waals surface area (Å²) in [5, 5.41) is 9.02. The Morgan fingerprint density at radius 2 is 1.93 bits per heavy atom. The van der Waals surface area contributed by atoms with Gasteiger partial charge in [-0.1, -0.05) is 6.07 Å². The van der Waals surface area contributed by atoms with Crippen molar-refractivity contribution in [3.05, 3.63) is 63.8 Å². The fourth-order valence-electron chi connectivity index (χ4n) is 4.50. The van der Waals surface area contributed by atoms with Gasteiger partial charge in [-0.25, -0.2) is 31.4 Å². The van der Waals surface area contributed by atoms with Crippen molar-refractivity contribution in [1.82, 2.24) is 34.1 Å². The van der Waals surface area contributed by atoms with Crippen LogP contribution in [0.15, 0.2) is 39.7 Å². The zero-order valence-electron chi connectivity index (χ0n) is 22.2. The van der Waals surface area contributed by atoms with Crippen molar-refractivity contribution >= 4 is 44.4 Å². The number of hydrogen-bond acceptors (Lipinski definition) is 9. The van der Waals surface area contributed by atoms with Crippen LogP contribution in [0.5, 0.6) is 0 Å². The Morgan fingerprint density at radius 1 is 1.20 bits per heavy atom. The van der Waals surface area contributed by atoms with Crippen molar-refractivity contribution in [2.45, 2.75) is 25.9 Å². The smallest absolute Gasteiger partial charge is 0.408 e. The summed E-state index contributed by atoms with van der Waals surface area (Å²) < 4.78 is 46.1. The Bertz CT molecular complexity index is 1870. The van der Waals surface area contributed by atoms with Crippen LogP contribution in [0.4, 0.5) is 4.39 Å². The maximum absolute atomic E-state index is 14.4. The largest absolute Gasteiger partial charge is 0.419 e. The minimum Gasteiger partial charge on any atom is -0.408 e. The van der Waals surface area contributed by atoms with Crippen LogP contribution in [0, 0.1) is 11.7 Å². The number of fused-ring (bicyclic) bond motifs is 2. The molecule has 0 aliphatic carbocycles. The van der Waals surface area contributed by atoms with E-state index in [0.717, 1.165) is 23.0 Å². The molecule has 1 atom stereocenters.